The Kier molecular flexibility index (Phi) is 7.09. The molecular formula is C17H28BrN. The molecule has 1 unspecified atom stereocenters. The Morgan fingerprint density at radius 3 is 2.05 bits per heavy atom. The molecule has 1 N–H and O–H groups in total. The number of rotatable bonds is 7. The van der Waals surface area contributed by atoms with E-state index in [4.69, 9.17) is 0 Å². The largest absolute Gasteiger partial charge is 0.307 e. The van der Waals surface area contributed by atoms with Crippen LogP contribution in [0.3, 0.4) is 0 Å². The number of hydrogen-bond acceptors (Lipinski definition) is 1. The summed E-state index contributed by atoms with van der Waals surface area (Å²) in [5, 5.41) is 3.80. The molecule has 0 saturated heterocycles. The van der Waals surface area contributed by atoms with Crippen LogP contribution >= 0.6 is 15.9 Å². The summed E-state index contributed by atoms with van der Waals surface area (Å²) in [7, 11) is 0. The minimum Gasteiger partial charge on any atom is -0.307 e. The van der Waals surface area contributed by atoms with Crippen molar-refractivity contribution in [1.29, 1.82) is 0 Å². The topological polar surface area (TPSA) is 12.0 Å². The molecule has 2 heteroatoms. The van der Waals surface area contributed by atoms with Crippen LogP contribution in [0.2, 0.25) is 0 Å². The summed E-state index contributed by atoms with van der Waals surface area (Å²) in [4.78, 5) is 0. The smallest absolute Gasteiger partial charge is 0.0294 e. The van der Waals surface area contributed by atoms with Gasteiger partial charge in [-0.2, -0.15) is 0 Å². The van der Waals surface area contributed by atoms with Crippen LogP contribution in [0.5, 0.6) is 0 Å². The van der Waals surface area contributed by atoms with Gasteiger partial charge in [-0.1, -0.05) is 55.8 Å². The second kappa shape index (κ2) is 8.06. The Hall–Kier alpha value is -0.340. The van der Waals surface area contributed by atoms with Gasteiger partial charge in [0, 0.05) is 16.6 Å². The lowest BCUT2D eigenvalue weighted by Gasteiger charge is -2.26. The van der Waals surface area contributed by atoms with E-state index in [1.165, 1.54) is 18.4 Å². The zero-order chi connectivity index (χ0) is 14.4. The molecule has 19 heavy (non-hydrogen) atoms. The van der Waals surface area contributed by atoms with Crippen LogP contribution in [-0.4, -0.2) is 6.04 Å². The summed E-state index contributed by atoms with van der Waals surface area (Å²) in [5.74, 6) is 1.48. The predicted octanol–water partition coefficient (Wildman–Crippen LogP) is 5.56. The highest BCUT2D eigenvalue weighted by Crippen LogP contribution is 2.21. The lowest BCUT2D eigenvalue weighted by molar-refractivity contribution is 0.335. The highest BCUT2D eigenvalue weighted by atomic mass is 79.9. The maximum atomic E-state index is 3.80. The molecule has 0 saturated carbocycles. The van der Waals surface area contributed by atoms with Crippen LogP contribution < -0.4 is 5.32 Å². The van der Waals surface area contributed by atoms with Gasteiger partial charge in [0.1, 0.15) is 0 Å². The Balaban J connectivity index is 2.66. The molecule has 1 aromatic carbocycles. The Morgan fingerprint density at radius 1 is 1.00 bits per heavy atom. The molecular weight excluding hydrogens is 298 g/mol. The van der Waals surface area contributed by atoms with Gasteiger partial charge in [0.25, 0.3) is 0 Å². The van der Waals surface area contributed by atoms with Crippen LogP contribution in [0.15, 0.2) is 28.7 Å². The SMILES string of the molecule is CC(C)CC(CC(C)C)NC(C)c1cccc(Br)c1. The van der Waals surface area contributed by atoms with E-state index >= 15 is 0 Å². The summed E-state index contributed by atoms with van der Waals surface area (Å²) < 4.78 is 1.16. The molecule has 0 aliphatic heterocycles. The molecule has 0 amide bonds. The Morgan fingerprint density at radius 2 is 1.58 bits per heavy atom. The highest BCUT2D eigenvalue weighted by Gasteiger charge is 2.16. The van der Waals surface area contributed by atoms with Crippen LogP contribution in [0.4, 0.5) is 0 Å². The zero-order valence-electron chi connectivity index (χ0n) is 12.9. The fourth-order valence-corrected chi connectivity index (χ4v) is 3.01. The molecule has 108 valence electrons. The van der Waals surface area contributed by atoms with E-state index < -0.39 is 0 Å². The molecule has 0 fully saturated rings. The average molecular weight is 326 g/mol. The van der Waals surface area contributed by atoms with Gasteiger partial charge in [-0.3, -0.25) is 0 Å². The van der Waals surface area contributed by atoms with E-state index in [0.29, 0.717) is 12.1 Å². The minimum atomic E-state index is 0.403. The maximum Gasteiger partial charge on any atom is 0.0294 e. The fraction of sp³-hybridized carbons (Fsp3) is 0.647. The first-order valence-corrected chi connectivity index (χ1v) is 8.19. The Bertz CT molecular complexity index is 363. The van der Waals surface area contributed by atoms with E-state index in [0.717, 1.165) is 16.3 Å². The number of hydrogen-bond donors (Lipinski definition) is 1. The summed E-state index contributed by atoms with van der Waals surface area (Å²) in [6.45, 7) is 11.5. The van der Waals surface area contributed by atoms with Crippen molar-refractivity contribution in [3.63, 3.8) is 0 Å². The molecule has 1 atom stereocenters. The summed E-state index contributed by atoms with van der Waals surface area (Å²) in [6, 6.07) is 9.60. The molecule has 1 aromatic rings. The third-order valence-electron chi connectivity index (χ3n) is 3.35. The van der Waals surface area contributed by atoms with E-state index in [9.17, 15) is 0 Å². The second-order valence-electron chi connectivity index (χ2n) is 6.40. The highest BCUT2D eigenvalue weighted by molar-refractivity contribution is 9.10. The zero-order valence-corrected chi connectivity index (χ0v) is 14.5. The molecule has 0 spiro atoms. The van der Waals surface area contributed by atoms with Crippen LogP contribution in [0, 0.1) is 11.8 Å². The van der Waals surface area contributed by atoms with Crippen LogP contribution in [0.1, 0.15) is 59.1 Å². The van der Waals surface area contributed by atoms with Gasteiger partial charge >= 0.3 is 0 Å². The lowest BCUT2D eigenvalue weighted by atomic mass is 9.94. The van der Waals surface area contributed by atoms with E-state index in [1.54, 1.807) is 0 Å². The van der Waals surface area contributed by atoms with Crippen molar-refractivity contribution in [2.75, 3.05) is 0 Å². The van der Waals surface area contributed by atoms with E-state index in [1.807, 2.05) is 0 Å². The van der Waals surface area contributed by atoms with Gasteiger partial charge in [-0.25, -0.2) is 0 Å². The number of nitrogens with one attached hydrogen (secondary N) is 1. The first kappa shape index (κ1) is 16.7. The first-order valence-electron chi connectivity index (χ1n) is 7.40. The second-order valence-corrected chi connectivity index (χ2v) is 7.32. The van der Waals surface area contributed by atoms with Crippen LogP contribution in [0.25, 0.3) is 0 Å². The molecule has 0 aliphatic rings. The quantitative estimate of drug-likeness (QED) is 0.691. The van der Waals surface area contributed by atoms with Crippen molar-refractivity contribution in [3.8, 4) is 0 Å². The minimum absolute atomic E-state index is 0.403. The third-order valence-corrected chi connectivity index (χ3v) is 3.84. The van der Waals surface area contributed by atoms with Crippen molar-refractivity contribution in [3.05, 3.63) is 34.3 Å². The summed E-state index contributed by atoms with van der Waals surface area (Å²) >= 11 is 3.55. The van der Waals surface area contributed by atoms with Gasteiger partial charge in [-0.05, 0) is 49.3 Å². The van der Waals surface area contributed by atoms with E-state index in [-0.39, 0.29) is 0 Å². The van der Waals surface area contributed by atoms with Gasteiger partial charge in [0.05, 0.1) is 0 Å². The Labute approximate surface area is 127 Å². The third kappa shape index (κ3) is 6.58. The van der Waals surface area contributed by atoms with Gasteiger partial charge in [-0.15, -0.1) is 0 Å². The molecule has 0 bridgehead atoms. The standard InChI is InChI=1S/C17H28BrN/c1-12(2)9-17(10-13(3)4)19-14(5)15-7-6-8-16(18)11-15/h6-8,11-14,17,19H,9-10H2,1-5H3. The van der Waals surface area contributed by atoms with Crippen molar-refractivity contribution < 1.29 is 0 Å². The fourth-order valence-electron chi connectivity index (χ4n) is 2.60. The van der Waals surface area contributed by atoms with Gasteiger partial charge in [0.15, 0.2) is 0 Å². The molecule has 0 radical (unpaired) electrons. The summed E-state index contributed by atoms with van der Waals surface area (Å²) in [5.41, 5.74) is 1.35. The van der Waals surface area contributed by atoms with Crippen molar-refractivity contribution in [2.24, 2.45) is 11.8 Å². The molecule has 1 nitrogen and oxygen atoms in total. The summed E-state index contributed by atoms with van der Waals surface area (Å²) in [6.07, 6.45) is 2.49. The predicted molar refractivity (Wildman–Crippen MR) is 88.4 cm³/mol. The lowest BCUT2D eigenvalue weighted by Crippen LogP contribution is -2.34. The van der Waals surface area contributed by atoms with Crippen molar-refractivity contribution in [1.82, 2.24) is 5.32 Å². The monoisotopic (exact) mass is 325 g/mol. The van der Waals surface area contributed by atoms with Gasteiger partial charge in [0.2, 0.25) is 0 Å². The number of halogens is 1. The van der Waals surface area contributed by atoms with Crippen molar-refractivity contribution in [2.45, 2.75) is 59.5 Å². The first-order chi connectivity index (χ1) is 8.88. The van der Waals surface area contributed by atoms with E-state index in [2.05, 4.69) is 80.1 Å². The average Bonchev–Trinajstić information content (AvgIpc) is 2.26. The van der Waals surface area contributed by atoms with Gasteiger partial charge < -0.3 is 5.32 Å². The van der Waals surface area contributed by atoms with Crippen molar-refractivity contribution >= 4 is 15.9 Å². The molecule has 0 aromatic heterocycles. The maximum absolute atomic E-state index is 3.80. The van der Waals surface area contributed by atoms with Crippen LogP contribution in [-0.2, 0) is 0 Å². The molecule has 1 rings (SSSR count). The normalized spacial score (nSPS) is 13.5. The molecule has 0 heterocycles. The number of benzene rings is 1. The molecule has 0 aliphatic carbocycles.